The van der Waals surface area contributed by atoms with Crippen LogP contribution in [0.25, 0.3) is 22.8 Å². The molecule has 0 aliphatic rings. The molecule has 0 bridgehead atoms. The van der Waals surface area contributed by atoms with E-state index in [4.69, 9.17) is 23.2 Å². The van der Waals surface area contributed by atoms with Crippen molar-refractivity contribution in [3.05, 3.63) is 45.4 Å². The second-order valence-corrected chi connectivity index (χ2v) is 5.48. The first kappa shape index (κ1) is 13.5. The van der Waals surface area contributed by atoms with Crippen molar-refractivity contribution in [1.82, 2.24) is 25.1 Å². The van der Waals surface area contributed by atoms with Gasteiger partial charge in [0.2, 0.25) is 0 Å². The number of H-pyrrole nitrogens is 1. The Bertz CT molecular complexity index is 737. The Labute approximate surface area is 132 Å². The summed E-state index contributed by atoms with van der Waals surface area (Å²) < 4.78 is 0.918. The number of aromatic nitrogens is 5. The van der Waals surface area contributed by atoms with Gasteiger partial charge in [0.15, 0.2) is 11.6 Å². The van der Waals surface area contributed by atoms with Crippen LogP contribution in [0.15, 0.2) is 35.1 Å². The van der Waals surface area contributed by atoms with E-state index in [1.165, 1.54) is 6.33 Å². The van der Waals surface area contributed by atoms with Crippen LogP contribution in [-0.4, -0.2) is 25.1 Å². The Morgan fingerprint density at radius 2 is 1.85 bits per heavy atom. The van der Waals surface area contributed by atoms with E-state index in [1.54, 1.807) is 0 Å². The minimum absolute atomic E-state index is 0.259. The zero-order valence-corrected chi connectivity index (χ0v) is 12.9. The molecule has 0 saturated carbocycles. The second kappa shape index (κ2) is 5.47. The lowest BCUT2D eigenvalue weighted by Crippen LogP contribution is -1.96. The average Bonchev–Trinajstić information content (AvgIpc) is 2.91. The number of halogens is 3. The Morgan fingerprint density at radius 3 is 2.45 bits per heavy atom. The highest BCUT2D eigenvalue weighted by molar-refractivity contribution is 9.10. The molecule has 0 aliphatic heterocycles. The van der Waals surface area contributed by atoms with Crippen LogP contribution in [0.4, 0.5) is 0 Å². The Balaban J connectivity index is 2.14. The highest BCUT2D eigenvalue weighted by Crippen LogP contribution is 2.34. The predicted octanol–water partition coefficient (Wildman–Crippen LogP) is 4.00. The molecule has 3 aromatic rings. The number of nitrogens with zero attached hydrogens (tertiary/aromatic N) is 4. The van der Waals surface area contributed by atoms with Crippen LogP contribution in [0, 0.1) is 0 Å². The molecule has 0 spiro atoms. The standard InChI is InChI=1S/C12H6BrCl2N5/c13-7-3-1-2-6(4-7)8-9(14)18-12(19-10(8)15)11-16-5-17-20-11/h1-5H,(H,16,17,20). The molecule has 1 aromatic carbocycles. The summed E-state index contributed by atoms with van der Waals surface area (Å²) in [6.07, 6.45) is 1.36. The molecule has 5 nitrogen and oxygen atoms in total. The van der Waals surface area contributed by atoms with Crippen LogP contribution in [0.3, 0.4) is 0 Å². The van der Waals surface area contributed by atoms with Crippen molar-refractivity contribution in [3.8, 4) is 22.8 Å². The summed E-state index contributed by atoms with van der Waals surface area (Å²) in [6, 6.07) is 7.57. The van der Waals surface area contributed by atoms with Gasteiger partial charge in [0, 0.05) is 4.47 Å². The van der Waals surface area contributed by atoms with E-state index in [2.05, 4.69) is 41.1 Å². The molecule has 0 amide bonds. The highest BCUT2D eigenvalue weighted by atomic mass is 79.9. The van der Waals surface area contributed by atoms with Gasteiger partial charge in [-0.1, -0.05) is 51.3 Å². The highest BCUT2D eigenvalue weighted by Gasteiger charge is 2.16. The fourth-order valence-electron chi connectivity index (χ4n) is 1.71. The molecule has 1 N–H and O–H groups in total. The number of benzene rings is 1. The lowest BCUT2D eigenvalue weighted by atomic mass is 10.1. The zero-order valence-electron chi connectivity index (χ0n) is 9.81. The first-order chi connectivity index (χ1) is 9.65. The van der Waals surface area contributed by atoms with Crippen LogP contribution in [0.2, 0.25) is 10.3 Å². The van der Waals surface area contributed by atoms with Crippen molar-refractivity contribution in [1.29, 1.82) is 0 Å². The van der Waals surface area contributed by atoms with Crippen molar-refractivity contribution in [2.75, 3.05) is 0 Å². The maximum Gasteiger partial charge on any atom is 0.200 e. The summed E-state index contributed by atoms with van der Waals surface area (Å²) >= 11 is 15.9. The van der Waals surface area contributed by atoms with E-state index < -0.39 is 0 Å². The van der Waals surface area contributed by atoms with Crippen molar-refractivity contribution in [3.63, 3.8) is 0 Å². The number of hydrogen-bond acceptors (Lipinski definition) is 4. The molecule has 20 heavy (non-hydrogen) atoms. The molecular weight excluding hydrogens is 365 g/mol. The molecule has 8 heteroatoms. The minimum Gasteiger partial charge on any atom is -0.257 e. The van der Waals surface area contributed by atoms with Crippen LogP contribution in [0.5, 0.6) is 0 Å². The maximum atomic E-state index is 6.23. The number of rotatable bonds is 2. The average molecular weight is 371 g/mol. The Kier molecular flexibility index (Phi) is 3.69. The number of hydrogen-bond donors (Lipinski definition) is 1. The first-order valence-electron chi connectivity index (χ1n) is 5.50. The lowest BCUT2D eigenvalue weighted by molar-refractivity contribution is 1.06. The van der Waals surface area contributed by atoms with Gasteiger partial charge in [0.25, 0.3) is 0 Å². The van der Waals surface area contributed by atoms with Gasteiger partial charge in [0.1, 0.15) is 16.6 Å². The third kappa shape index (κ3) is 2.54. The van der Waals surface area contributed by atoms with Crippen LogP contribution in [-0.2, 0) is 0 Å². The van der Waals surface area contributed by atoms with Gasteiger partial charge in [-0.15, -0.1) is 0 Å². The van der Waals surface area contributed by atoms with Gasteiger partial charge in [-0.3, -0.25) is 5.10 Å². The molecule has 2 heterocycles. The third-order valence-corrected chi connectivity index (χ3v) is 3.60. The fourth-order valence-corrected chi connectivity index (χ4v) is 2.71. The van der Waals surface area contributed by atoms with E-state index in [9.17, 15) is 0 Å². The minimum atomic E-state index is 0.259. The quantitative estimate of drug-likeness (QED) is 0.692. The topological polar surface area (TPSA) is 67.3 Å². The van der Waals surface area contributed by atoms with Crippen LogP contribution in [0.1, 0.15) is 0 Å². The van der Waals surface area contributed by atoms with Crippen molar-refractivity contribution >= 4 is 39.1 Å². The van der Waals surface area contributed by atoms with Gasteiger partial charge in [-0.05, 0) is 17.7 Å². The second-order valence-electron chi connectivity index (χ2n) is 3.85. The summed E-state index contributed by atoms with van der Waals surface area (Å²) in [5, 5.41) is 6.92. The van der Waals surface area contributed by atoms with E-state index >= 15 is 0 Å². The van der Waals surface area contributed by atoms with Crippen molar-refractivity contribution in [2.45, 2.75) is 0 Å². The van der Waals surface area contributed by atoms with Gasteiger partial charge >= 0.3 is 0 Å². The van der Waals surface area contributed by atoms with Crippen molar-refractivity contribution in [2.24, 2.45) is 0 Å². The largest absolute Gasteiger partial charge is 0.257 e. The fraction of sp³-hybridized carbons (Fsp3) is 0. The molecule has 2 aromatic heterocycles. The SMILES string of the molecule is Clc1nc(-c2ncn[nH]2)nc(Cl)c1-c1cccc(Br)c1. The van der Waals surface area contributed by atoms with Crippen LogP contribution >= 0.6 is 39.1 Å². The van der Waals surface area contributed by atoms with E-state index in [-0.39, 0.29) is 10.3 Å². The number of aromatic amines is 1. The summed E-state index contributed by atoms with van der Waals surface area (Å²) in [7, 11) is 0. The monoisotopic (exact) mass is 369 g/mol. The van der Waals surface area contributed by atoms with E-state index in [0.29, 0.717) is 17.2 Å². The van der Waals surface area contributed by atoms with E-state index in [1.807, 2.05) is 24.3 Å². The predicted molar refractivity (Wildman–Crippen MR) is 80.6 cm³/mol. The van der Waals surface area contributed by atoms with Crippen molar-refractivity contribution < 1.29 is 0 Å². The zero-order chi connectivity index (χ0) is 14.1. The van der Waals surface area contributed by atoms with Crippen LogP contribution < -0.4 is 0 Å². The maximum absolute atomic E-state index is 6.23. The molecule has 0 radical (unpaired) electrons. The van der Waals surface area contributed by atoms with Gasteiger partial charge in [-0.25, -0.2) is 15.0 Å². The molecule has 3 rings (SSSR count). The first-order valence-corrected chi connectivity index (χ1v) is 7.05. The molecule has 100 valence electrons. The molecule has 0 saturated heterocycles. The molecule has 0 fully saturated rings. The van der Waals surface area contributed by atoms with Gasteiger partial charge < -0.3 is 0 Å². The number of nitrogens with one attached hydrogen (secondary N) is 1. The Hall–Kier alpha value is -1.50. The lowest BCUT2D eigenvalue weighted by Gasteiger charge is -2.07. The summed E-state index contributed by atoms with van der Waals surface area (Å²) in [5.41, 5.74) is 1.41. The Morgan fingerprint density at radius 1 is 1.10 bits per heavy atom. The molecule has 0 unspecified atom stereocenters. The summed E-state index contributed by atoms with van der Waals surface area (Å²) in [6.45, 7) is 0. The summed E-state index contributed by atoms with van der Waals surface area (Å²) in [4.78, 5) is 12.4. The third-order valence-electron chi connectivity index (χ3n) is 2.56. The van der Waals surface area contributed by atoms with Gasteiger partial charge in [-0.2, -0.15) is 5.10 Å². The molecule has 0 aliphatic carbocycles. The molecule has 0 atom stereocenters. The molecular formula is C12H6BrCl2N5. The summed E-state index contributed by atoms with van der Waals surface area (Å²) in [5.74, 6) is 0.714. The normalized spacial score (nSPS) is 10.8. The van der Waals surface area contributed by atoms with Gasteiger partial charge in [0.05, 0.1) is 5.56 Å². The van der Waals surface area contributed by atoms with E-state index in [0.717, 1.165) is 10.0 Å². The smallest absolute Gasteiger partial charge is 0.200 e.